The van der Waals surface area contributed by atoms with Crippen molar-refractivity contribution in [1.82, 2.24) is 24.5 Å². The highest BCUT2D eigenvalue weighted by Crippen LogP contribution is 2.24. The largest absolute Gasteiger partial charge is 0.492 e. The molecule has 0 radical (unpaired) electrons. The molecule has 0 saturated carbocycles. The van der Waals surface area contributed by atoms with Crippen molar-refractivity contribution in [3.05, 3.63) is 54.9 Å². The second kappa shape index (κ2) is 6.49. The molecule has 0 fully saturated rings. The number of rotatable bonds is 5. The van der Waals surface area contributed by atoms with Gasteiger partial charge in [-0.25, -0.2) is 4.98 Å². The molecular weight excluding hydrogens is 314 g/mol. The standard InChI is InChI=1S/C19H19N5O/c1-23(2)11-12-25-15-9-7-14(8-10-15)18-21-22-19-16-5-3-4-6-17(16)20-13-24(18)19/h3-10,13H,11-12H2,1-2H3. The molecule has 0 saturated heterocycles. The molecule has 0 spiro atoms. The van der Waals surface area contributed by atoms with Crippen LogP contribution < -0.4 is 4.74 Å². The number of fused-ring (bicyclic) bond motifs is 3. The van der Waals surface area contributed by atoms with Crippen LogP contribution in [-0.4, -0.2) is 51.7 Å². The van der Waals surface area contributed by atoms with Gasteiger partial charge in [0.25, 0.3) is 0 Å². The topological polar surface area (TPSA) is 55.5 Å². The Balaban J connectivity index is 1.64. The van der Waals surface area contributed by atoms with Crippen molar-refractivity contribution < 1.29 is 4.74 Å². The number of ether oxygens (including phenoxy) is 1. The van der Waals surface area contributed by atoms with Crippen LogP contribution in [-0.2, 0) is 0 Å². The molecule has 4 aromatic rings. The van der Waals surface area contributed by atoms with E-state index < -0.39 is 0 Å². The number of para-hydroxylation sites is 1. The lowest BCUT2D eigenvalue weighted by atomic mass is 10.2. The van der Waals surface area contributed by atoms with E-state index in [0.717, 1.165) is 40.2 Å². The van der Waals surface area contributed by atoms with Crippen LogP contribution in [0.4, 0.5) is 0 Å². The molecule has 25 heavy (non-hydrogen) atoms. The molecule has 126 valence electrons. The Kier molecular flexibility index (Phi) is 4.03. The van der Waals surface area contributed by atoms with Crippen LogP contribution >= 0.6 is 0 Å². The predicted molar refractivity (Wildman–Crippen MR) is 97.8 cm³/mol. The van der Waals surface area contributed by atoms with Crippen LogP contribution in [0, 0.1) is 0 Å². The zero-order valence-corrected chi connectivity index (χ0v) is 14.3. The fourth-order valence-corrected chi connectivity index (χ4v) is 2.72. The summed E-state index contributed by atoms with van der Waals surface area (Å²) in [5.74, 6) is 1.62. The van der Waals surface area contributed by atoms with Crippen LogP contribution in [0.2, 0.25) is 0 Å². The van der Waals surface area contributed by atoms with E-state index in [1.165, 1.54) is 0 Å². The van der Waals surface area contributed by atoms with Gasteiger partial charge >= 0.3 is 0 Å². The van der Waals surface area contributed by atoms with Crippen molar-refractivity contribution >= 4 is 16.6 Å². The van der Waals surface area contributed by atoms with Gasteiger partial charge in [0.2, 0.25) is 0 Å². The zero-order valence-electron chi connectivity index (χ0n) is 14.3. The molecular formula is C19H19N5O. The number of likely N-dealkylation sites (N-methyl/N-ethyl adjacent to an activating group) is 1. The van der Waals surface area contributed by atoms with Crippen LogP contribution in [0.15, 0.2) is 54.9 Å². The summed E-state index contributed by atoms with van der Waals surface area (Å²) in [6.45, 7) is 1.55. The van der Waals surface area contributed by atoms with E-state index in [2.05, 4.69) is 20.1 Å². The molecule has 0 bridgehead atoms. The quantitative estimate of drug-likeness (QED) is 0.562. The number of benzene rings is 2. The fourth-order valence-electron chi connectivity index (χ4n) is 2.72. The van der Waals surface area contributed by atoms with Crippen LogP contribution in [0.1, 0.15) is 0 Å². The molecule has 0 N–H and O–H groups in total. The summed E-state index contributed by atoms with van der Waals surface area (Å²) >= 11 is 0. The molecule has 2 aromatic heterocycles. The number of hydrogen-bond acceptors (Lipinski definition) is 5. The number of aromatic nitrogens is 4. The van der Waals surface area contributed by atoms with Gasteiger partial charge in [0.1, 0.15) is 18.7 Å². The first-order valence-corrected chi connectivity index (χ1v) is 8.19. The summed E-state index contributed by atoms with van der Waals surface area (Å²) in [6, 6.07) is 15.9. The number of hydrogen-bond donors (Lipinski definition) is 0. The summed E-state index contributed by atoms with van der Waals surface area (Å²) < 4.78 is 7.66. The molecule has 0 aliphatic carbocycles. The van der Waals surface area contributed by atoms with Crippen LogP contribution in [0.25, 0.3) is 27.9 Å². The third-order valence-electron chi connectivity index (χ3n) is 4.07. The Morgan fingerprint density at radius 1 is 1.00 bits per heavy atom. The fraction of sp³-hybridized carbons (Fsp3) is 0.211. The van der Waals surface area contributed by atoms with Gasteiger partial charge in [-0.05, 0) is 50.5 Å². The molecule has 6 heteroatoms. The minimum atomic E-state index is 0.663. The molecule has 0 amide bonds. The van der Waals surface area contributed by atoms with Crippen LogP contribution in [0.3, 0.4) is 0 Å². The first-order chi connectivity index (χ1) is 12.2. The van der Waals surface area contributed by atoms with Gasteiger partial charge in [0.15, 0.2) is 11.5 Å². The van der Waals surface area contributed by atoms with E-state index in [0.29, 0.717) is 6.61 Å². The third kappa shape index (κ3) is 3.04. The van der Waals surface area contributed by atoms with Gasteiger partial charge in [-0.2, -0.15) is 0 Å². The SMILES string of the molecule is CN(C)CCOc1ccc(-c2nnc3c4ccccc4ncn23)cc1. The molecule has 0 atom stereocenters. The summed E-state index contributed by atoms with van der Waals surface area (Å²) in [5.41, 5.74) is 2.70. The summed E-state index contributed by atoms with van der Waals surface area (Å²) in [4.78, 5) is 6.59. The highest BCUT2D eigenvalue weighted by molar-refractivity contribution is 5.91. The maximum atomic E-state index is 5.74. The third-order valence-corrected chi connectivity index (χ3v) is 4.07. The van der Waals surface area contributed by atoms with Crippen LogP contribution in [0.5, 0.6) is 5.75 Å². The highest BCUT2D eigenvalue weighted by atomic mass is 16.5. The minimum absolute atomic E-state index is 0.663. The summed E-state index contributed by atoms with van der Waals surface area (Å²) in [7, 11) is 4.06. The van der Waals surface area contributed by atoms with E-state index in [-0.39, 0.29) is 0 Å². The molecule has 0 aliphatic heterocycles. The van der Waals surface area contributed by atoms with Crippen molar-refractivity contribution in [3.8, 4) is 17.1 Å². The number of nitrogens with zero attached hydrogens (tertiary/aromatic N) is 5. The summed E-state index contributed by atoms with van der Waals surface area (Å²) in [5, 5.41) is 9.70. The summed E-state index contributed by atoms with van der Waals surface area (Å²) in [6.07, 6.45) is 1.77. The predicted octanol–water partition coefficient (Wildman–Crippen LogP) is 2.88. The maximum absolute atomic E-state index is 5.74. The first kappa shape index (κ1) is 15.5. The molecule has 2 heterocycles. The van der Waals surface area contributed by atoms with E-state index in [4.69, 9.17) is 4.74 Å². The normalized spacial score (nSPS) is 11.5. The van der Waals surface area contributed by atoms with E-state index in [1.807, 2.05) is 67.0 Å². The Morgan fingerprint density at radius 3 is 2.60 bits per heavy atom. The lowest BCUT2D eigenvalue weighted by molar-refractivity contribution is 0.261. The molecule has 4 rings (SSSR count). The average Bonchev–Trinajstić information content (AvgIpc) is 3.06. The smallest absolute Gasteiger partial charge is 0.171 e. The maximum Gasteiger partial charge on any atom is 0.171 e. The van der Waals surface area contributed by atoms with Gasteiger partial charge in [-0.3, -0.25) is 4.40 Å². The molecule has 0 aliphatic rings. The minimum Gasteiger partial charge on any atom is -0.492 e. The monoisotopic (exact) mass is 333 g/mol. The van der Waals surface area contributed by atoms with E-state index in [9.17, 15) is 0 Å². The lowest BCUT2D eigenvalue weighted by Gasteiger charge is -2.11. The Hall–Kier alpha value is -2.99. The van der Waals surface area contributed by atoms with E-state index >= 15 is 0 Å². The lowest BCUT2D eigenvalue weighted by Crippen LogP contribution is -2.19. The van der Waals surface area contributed by atoms with Gasteiger partial charge in [-0.1, -0.05) is 12.1 Å². The molecule has 0 unspecified atom stereocenters. The Morgan fingerprint density at radius 2 is 1.80 bits per heavy atom. The Bertz CT molecular complexity index is 1010. The highest BCUT2D eigenvalue weighted by Gasteiger charge is 2.11. The van der Waals surface area contributed by atoms with Gasteiger partial charge in [0, 0.05) is 17.5 Å². The Labute approximate surface area is 145 Å². The second-order valence-electron chi connectivity index (χ2n) is 6.16. The average molecular weight is 333 g/mol. The molecule has 2 aromatic carbocycles. The van der Waals surface area contributed by atoms with Crippen molar-refractivity contribution in [2.24, 2.45) is 0 Å². The zero-order chi connectivity index (χ0) is 17.2. The first-order valence-electron chi connectivity index (χ1n) is 8.19. The van der Waals surface area contributed by atoms with Crippen molar-refractivity contribution in [1.29, 1.82) is 0 Å². The van der Waals surface area contributed by atoms with Crippen molar-refractivity contribution in [2.45, 2.75) is 0 Å². The van der Waals surface area contributed by atoms with Crippen molar-refractivity contribution in [2.75, 3.05) is 27.2 Å². The second-order valence-corrected chi connectivity index (χ2v) is 6.16. The van der Waals surface area contributed by atoms with Crippen molar-refractivity contribution in [3.63, 3.8) is 0 Å². The van der Waals surface area contributed by atoms with Gasteiger partial charge in [-0.15, -0.1) is 10.2 Å². The van der Waals surface area contributed by atoms with Gasteiger partial charge < -0.3 is 9.64 Å². The molecule has 6 nitrogen and oxygen atoms in total. The van der Waals surface area contributed by atoms with E-state index in [1.54, 1.807) is 6.33 Å². The van der Waals surface area contributed by atoms with Gasteiger partial charge in [0.05, 0.1) is 5.52 Å².